The molecule has 0 saturated heterocycles. The number of unbranched alkanes of at least 4 members (excludes halogenated alkanes) is 1. The van der Waals surface area contributed by atoms with Crippen LogP contribution in [0.15, 0.2) is 28.7 Å². The molecule has 0 heterocycles. The van der Waals surface area contributed by atoms with E-state index in [1.807, 2.05) is 24.3 Å². The molecular weight excluding hydrogens is 302 g/mol. The van der Waals surface area contributed by atoms with Gasteiger partial charge >= 0.3 is 0 Å². The maximum absolute atomic E-state index is 5.71. The monoisotopic (exact) mass is 327 g/mol. The molecule has 0 amide bonds. The van der Waals surface area contributed by atoms with Crippen LogP contribution >= 0.6 is 15.9 Å². The highest BCUT2D eigenvalue weighted by Gasteiger charge is 2.05. The second-order valence-corrected chi connectivity index (χ2v) is 5.80. The summed E-state index contributed by atoms with van der Waals surface area (Å²) in [5.41, 5.74) is 0. The van der Waals surface area contributed by atoms with E-state index in [1.54, 1.807) is 0 Å². The zero-order chi connectivity index (χ0) is 13.9. The largest absolute Gasteiger partial charge is 0.492 e. The van der Waals surface area contributed by atoms with Gasteiger partial charge < -0.3 is 10.1 Å². The molecule has 1 aromatic carbocycles. The average Bonchev–Trinajstić information content (AvgIpc) is 2.42. The molecule has 0 saturated carbocycles. The fourth-order valence-electron chi connectivity index (χ4n) is 2.11. The molecule has 0 aromatic heterocycles. The van der Waals surface area contributed by atoms with E-state index in [9.17, 15) is 0 Å². The van der Waals surface area contributed by atoms with E-state index in [0.717, 1.165) is 23.4 Å². The molecule has 3 heteroatoms. The smallest absolute Gasteiger partial charge is 0.119 e. The van der Waals surface area contributed by atoms with Crippen LogP contribution in [0.5, 0.6) is 5.75 Å². The Labute approximate surface area is 126 Å². The highest BCUT2D eigenvalue weighted by atomic mass is 79.9. The van der Waals surface area contributed by atoms with Gasteiger partial charge in [-0.05, 0) is 37.1 Å². The van der Waals surface area contributed by atoms with Crippen LogP contribution in [0.25, 0.3) is 0 Å². The Balaban J connectivity index is 2.18. The predicted octanol–water partition coefficient (Wildman–Crippen LogP) is 4.78. The molecule has 0 aliphatic carbocycles. The molecule has 0 radical (unpaired) electrons. The Morgan fingerprint density at radius 2 is 1.84 bits per heavy atom. The van der Waals surface area contributed by atoms with Crippen molar-refractivity contribution >= 4 is 15.9 Å². The van der Waals surface area contributed by atoms with Gasteiger partial charge in [0.1, 0.15) is 12.4 Å². The molecule has 108 valence electrons. The van der Waals surface area contributed by atoms with Crippen LogP contribution in [0.4, 0.5) is 0 Å². The number of halogens is 1. The van der Waals surface area contributed by atoms with Gasteiger partial charge in [0.15, 0.2) is 0 Å². The summed E-state index contributed by atoms with van der Waals surface area (Å²) in [6.07, 6.45) is 6.37. The number of rotatable bonds is 10. The van der Waals surface area contributed by atoms with Crippen LogP contribution in [0, 0.1) is 0 Å². The summed E-state index contributed by atoms with van der Waals surface area (Å²) in [6, 6.07) is 8.64. The standard InChI is InChI=1S/C16H26BrNO/c1-3-5-7-15(6-4-2)18-12-13-19-16-10-8-14(17)9-11-16/h8-11,15,18H,3-7,12-13H2,1-2H3. The zero-order valence-corrected chi connectivity index (χ0v) is 13.7. The highest BCUT2D eigenvalue weighted by Crippen LogP contribution is 2.15. The molecule has 1 rings (SSSR count). The zero-order valence-electron chi connectivity index (χ0n) is 12.1. The van der Waals surface area contributed by atoms with Gasteiger partial charge in [0.25, 0.3) is 0 Å². The fourth-order valence-corrected chi connectivity index (χ4v) is 2.37. The number of hydrogen-bond acceptors (Lipinski definition) is 2. The van der Waals surface area contributed by atoms with Gasteiger partial charge in [-0.2, -0.15) is 0 Å². The Kier molecular flexibility index (Phi) is 8.93. The second kappa shape index (κ2) is 10.3. The third-order valence-corrected chi connectivity index (χ3v) is 3.69. The molecule has 19 heavy (non-hydrogen) atoms. The lowest BCUT2D eigenvalue weighted by Crippen LogP contribution is -2.32. The lowest BCUT2D eigenvalue weighted by Gasteiger charge is -2.18. The topological polar surface area (TPSA) is 21.3 Å². The number of benzene rings is 1. The Hall–Kier alpha value is -0.540. The SMILES string of the molecule is CCCCC(CCC)NCCOc1ccc(Br)cc1. The summed E-state index contributed by atoms with van der Waals surface area (Å²) in [5.74, 6) is 0.936. The van der Waals surface area contributed by atoms with Crippen molar-refractivity contribution in [3.8, 4) is 5.75 Å². The quantitative estimate of drug-likeness (QED) is 0.624. The Morgan fingerprint density at radius 1 is 1.11 bits per heavy atom. The van der Waals surface area contributed by atoms with E-state index in [-0.39, 0.29) is 0 Å². The molecular formula is C16H26BrNO. The summed E-state index contributed by atoms with van der Waals surface area (Å²) in [6.45, 7) is 6.15. The van der Waals surface area contributed by atoms with Gasteiger partial charge in [-0.1, -0.05) is 49.0 Å². The average molecular weight is 328 g/mol. The molecule has 2 nitrogen and oxygen atoms in total. The van der Waals surface area contributed by atoms with Crippen molar-refractivity contribution in [2.45, 2.75) is 52.0 Å². The summed E-state index contributed by atoms with van der Waals surface area (Å²) in [5, 5.41) is 3.60. The highest BCUT2D eigenvalue weighted by molar-refractivity contribution is 9.10. The van der Waals surface area contributed by atoms with Gasteiger partial charge in [0.2, 0.25) is 0 Å². The second-order valence-electron chi connectivity index (χ2n) is 4.88. The Bertz CT molecular complexity index is 326. The number of hydrogen-bond donors (Lipinski definition) is 1. The third-order valence-electron chi connectivity index (χ3n) is 3.16. The van der Waals surface area contributed by atoms with Crippen LogP contribution in [-0.4, -0.2) is 19.2 Å². The summed E-state index contributed by atoms with van der Waals surface area (Å²) < 4.78 is 6.79. The third kappa shape index (κ3) is 7.58. The molecule has 0 bridgehead atoms. The van der Waals surface area contributed by atoms with E-state index >= 15 is 0 Å². The Morgan fingerprint density at radius 3 is 2.47 bits per heavy atom. The minimum absolute atomic E-state index is 0.651. The maximum Gasteiger partial charge on any atom is 0.119 e. The first-order valence-electron chi connectivity index (χ1n) is 7.38. The van der Waals surface area contributed by atoms with Gasteiger partial charge in [0, 0.05) is 17.1 Å². The van der Waals surface area contributed by atoms with Crippen molar-refractivity contribution in [3.63, 3.8) is 0 Å². The van der Waals surface area contributed by atoms with Crippen molar-refractivity contribution < 1.29 is 4.74 Å². The van der Waals surface area contributed by atoms with Gasteiger partial charge in [-0.25, -0.2) is 0 Å². The number of ether oxygens (including phenoxy) is 1. The first kappa shape index (κ1) is 16.5. The normalized spacial score (nSPS) is 12.4. The molecule has 1 aromatic rings. The van der Waals surface area contributed by atoms with E-state index in [1.165, 1.54) is 32.1 Å². The maximum atomic E-state index is 5.71. The molecule has 1 atom stereocenters. The number of nitrogens with one attached hydrogen (secondary N) is 1. The molecule has 0 aliphatic rings. The minimum atomic E-state index is 0.651. The first-order chi connectivity index (χ1) is 9.26. The molecule has 1 N–H and O–H groups in total. The van der Waals surface area contributed by atoms with E-state index < -0.39 is 0 Å². The van der Waals surface area contributed by atoms with Crippen LogP contribution in [0.2, 0.25) is 0 Å². The van der Waals surface area contributed by atoms with Crippen molar-refractivity contribution in [2.75, 3.05) is 13.2 Å². The molecule has 0 spiro atoms. The summed E-state index contributed by atoms with van der Waals surface area (Å²) in [4.78, 5) is 0. The fraction of sp³-hybridized carbons (Fsp3) is 0.625. The van der Waals surface area contributed by atoms with Crippen molar-refractivity contribution in [1.29, 1.82) is 0 Å². The minimum Gasteiger partial charge on any atom is -0.492 e. The van der Waals surface area contributed by atoms with Crippen molar-refractivity contribution in [1.82, 2.24) is 5.32 Å². The van der Waals surface area contributed by atoms with E-state index in [2.05, 4.69) is 35.1 Å². The van der Waals surface area contributed by atoms with Gasteiger partial charge in [0.05, 0.1) is 0 Å². The van der Waals surface area contributed by atoms with Gasteiger partial charge in [-0.15, -0.1) is 0 Å². The van der Waals surface area contributed by atoms with Crippen LogP contribution < -0.4 is 10.1 Å². The predicted molar refractivity (Wildman–Crippen MR) is 85.9 cm³/mol. The van der Waals surface area contributed by atoms with Crippen LogP contribution in [-0.2, 0) is 0 Å². The molecule has 0 fully saturated rings. The van der Waals surface area contributed by atoms with Gasteiger partial charge in [-0.3, -0.25) is 0 Å². The lowest BCUT2D eigenvalue weighted by atomic mass is 10.1. The molecule has 0 aliphatic heterocycles. The summed E-state index contributed by atoms with van der Waals surface area (Å²) >= 11 is 3.42. The van der Waals surface area contributed by atoms with Crippen molar-refractivity contribution in [3.05, 3.63) is 28.7 Å². The lowest BCUT2D eigenvalue weighted by molar-refractivity contribution is 0.298. The van der Waals surface area contributed by atoms with E-state index in [4.69, 9.17) is 4.74 Å². The molecule has 1 unspecified atom stereocenters. The van der Waals surface area contributed by atoms with Crippen molar-refractivity contribution in [2.24, 2.45) is 0 Å². The van der Waals surface area contributed by atoms with Crippen LogP contribution in [0.3, 0.4) is 0 Å². The summed E-state index contributed by atoms with van der Waals surface area (Å²) in [7, 11) is 0. The van der Waals surface area contributed by atoms with E-state index in [0.29, 0.717) is 6.04 Å². The first-order valence-corrected chi connectivity index (χ1v) is 8.17. The van der Waals surface area contributed by atoms with Crippen LogP contribution in [0.1, 0.15) is 46.0 Å².